The number of allylic oxidation sites excluding steroid dienone is 1. The fraction of sp³-hybridized carbons (Fsp3) is 0.0909. The van der Waals surface area contributed by atoms with Gasteiger partial charge in [-0.3, -0.25) is 0 Å². The van der Waals surface area contributed by atoms with Crippen LogP contribution in [0.25, 0.3) is 6.08 Å². The monoisotopic (exact) mass is 598 g/mol. The van der Waals surface area contributed by atoms with Crippen LogP contribution in [0.3, 0.4) is 0 Å². The summed E-state index contributed by atoms with van der Waals surface area (Å²) < 4.78 is 22.9. The summed E-state index contributed by atoms with van der Waals surface area (Å²) >= 11 is 12.4. The fourth-order valence-electron chi connectivity index (χ4n) is 4.51. The number of fused-ring (bicyclic) bond motifs is 1. The summed E-state index contributed by atoms with van der Waals surface area (Å²) in [6, 6.07) is 27.0. The smallest absolute Gasteiger partial charge is 0.336 e. The first-order valence-electron chi connectivity index (χ1n) is 12.8. The van der Waals surface area contributed by atoms with Gasteiger partial charge >= 0.3 is 5.97 Å². The summed E-state index contributed by atoms with van der Waals surface area (Å²) in [5, 5.41) is 11.1. The Morgan fingerprint density at radius 3 is 2.50 bits per heavy atom. The Balaban J connectivity index is 1.40. The minimum atomic E-state index is -0.597. The average Bonchev–Trinajstić information content (AvgIpc) is 2.99. The molecule has 4 aromatic carbocycles. The highest BCUT2D eigenvalue weighted by atomic mass is 35.5. The van der Waals surface area contributed by atoms with Crippen molar-refractivity contribution < 1.29 is 23.7 Å². The van der Waals surface area contributed by atoms with Crippen LogP contribution >= 0.6 is 23.2 Å². The Bertz CT molecular complexity index is 1760. The molecule has 0 saturated carbocycles. The second-order valence-electron chi connectivity index (χ2n) is 9.19. The Morgan fingerprint density at radius 2 is 1.76 bits per heavy atom. The summed E-state index contributed by atoms with van der Waals surface area (Å²) in [4.78, 5) is 12.5. The van der Waals surface area contributed by atoms with E-state index in [1.54, 1.807) is 60.7 Å². The third-order valence-corrected chi connectivity index (χ3v) is 7.29. The molecule has 1 unspecified atom stereocenters. The Kier molecular flexibility index (Phi) is 8.68. The summed E-state index contributed by atoms with van der Waals surface area (Å²) in [7, 11) is 1.54. The first-order chi connectivity index (χ1) is 20.4. The molecule has 7 nitrogen and oxygen atoms in total. The zero-order chi connectivity index (χ0) is 29.6. The molecule has 9 heteroatoms. The fourth-order valence-corrected chi connectivity index (χ4v) is 4.90. The van der Waals surface area contributed by atoms with Gasteiger partial charge in [0.15, 0.2) is 11.5 Å². The average molecular weight is 599 g/mol. The number of carbonyl (C=O) groups excluding carboxylic acids is 1. The van der Waals surface area contributed by atoms with Crippen LogP contribution in [0.4, 0.5) is 0 Å². The highest BCUT2D eigenvalue weighted by molar-refractivity contribution is 6.32. The number of carbonyl (C=O) groups is 1. The van der Waals surface area contributed by atoms with E-state index in [1.807, 2.05) is 30.3 Å². The molecule has 0 fully saturated rings. The minimum absolute atomic E-state index is 0.0462. The van der Waals surface area contributed by atoms with E-state index in [2.05, 4.69) is 6.07 Å². The van der Waals surface area contributed by atoms with Gasteiger partial charge in [-0.2, -0.15) is 5.26 Å². The zero-order valence-electron chi connectivity index (χ0n) is 22.3. The van der Waals surface area contributed by atoms with Crippen LogP contribution in [-0.4, -0.2) is 13.1 Å². The topological polar surface area (TPSA) is 104 Å². The quantitative estimate of drug-likeness (QED) is 0.128. The van der Waals surface area contributed by atoms with E-state index < -0.39 is 11.9 Å². The van der Waals surface area contributed by atoms with Gasteiger partial charge in [0.25, 0.3) is 0 Å². The van der Waals surface area contributed by atoms with Crippen LogP contribution < -0.4 is 24.7 Å². The van der Waals surface area contributed by atoms with Gasteiger partial charge in [0.1, 0.15) is 29.7 Å². The normalized spacial score (nSPS) is 14.1. The lowest BCUT2D eigenvalue weighted by molar-refractivity contribution is -0.128. The lowest BCUT2D eigenvalue weighted by Crippen LogP contribution is -2.21. The maximum atomic E-state index is 12.5. The molecule has 0 radical (unpaired) electrons. The largest absolute Gasteiger partial charge is 0.493 e. The van der Waals surface area contributed by atoms with Gasteiger partial charge in [0.2, 0.25) is 5.88 Å². The molecule has 42 heavy (non-hydrogen) atoms. The zero-order valence-corrected chi connectivity index (χ0v) is 23.9. The molecule has 1 heterocycles. The molecule has 0 aromatic heterocycles. The SMILES string of the molecule is COc1cc(C2C(C#N)=C(N)Oc3cc(OC(=O)/C=C/c4ccccc4Cl)ccc32)ccc1OCc1ccccc1Cl. The van der Waals surface area contributed by atoms with Crippen molar-refractivity contribution in [3.8, 4) is 29.1 Å². The molecule has 0 spiro atoms. The predicted molar refractivity (Wildman–Crippen MR) is 161 cm³/mol. The molecule has 210 valence electrons. The number of esters is 1. The molecule has 1 aliphatic rings. The van der Waals surface area contributed by atoms with Gasteiger partial charge in [-0.15, -0.1) is 0 Å². The molecule has 1 atom stereocenters. The molecular weight excluding hydrogens is 575 g/mol. The van der Waals surface area contributed by atoms with Gasteiger partial charge in [0, 0.05) is 33.3 Å². The highest BCUT2D eigenvalue weighted by Gasteiger charge is 2.31. The molecule has 0 aliphatic carbocycles. The molecule has 5 rings (SSSR count). The number of nitriles is 1. The number of ether oxygens (including phenoxy) is 4. The van der Waals surface area contributed by atoms with E-state index in [4.69, 9.17) is 47.9 Å². The molecular formula is C33H24Cl2N2O5. The number of benzene rings is 4. The van der Waals surface area contributed by atoms with Gasteiger partial charge in [-0.25, -0.2) is 4.79 Å². The van der Waals surface area contributed by atoms with Crippen molar-refractivity contribution in [2.75, 3.05) is 7.11 Å². The van der Waals surface area contributed by atoms with Crippen molar-refractivity contribution in [1.82, 2.24) is 0 Å². The Morgan fingerprint density at radius 1 is 1.00 bits per heavy atom. The standard InChI is InChI=1S/C33H24Cl2N2O5/c1-39-30-16-21(10-14-28(30)40-19-22-7-3-5-9-27(22)35)32-24-13-12-23(17-29(24)42-33(37)25(32)18-36)41-31(38)15-11-20-6-2-4-8-26(20)34/h2-17,32H,19,37H2,1H3/b15-11+. The van der Waals surface area contributed by atoms with Gasteiger partial charge < -0.3 is 24.7 Å². The summed E-state index contributed by atoms with van der Waals surface area (Å²) in [5.41, 5.74) is 9.33. The van der Waals surface area contributed by atoms with Crippen LogP contribution in [0.5, 0.6) is 23.0 Å². The van der Waals surface area contributed by atoms with E-state index >= 15 is 0 Å². The number of halogens is 2. The molecule has 2 N–H and O–H groups in total. The molecule has 1 aliphatic heterocycles. The van der Waals surface area contributed by atoms with Crippen molar-refractivity contribution in [2.45, 2.75) is 12.5 Å². The Labute approximate surface area is 252 Å². The number of methoxy groups -OCH3 is 1. The predicted octanol–water partition coefficient (Wildman–Crippen LogP) is 7.42. The number of nitrogens with zero attached hydrogens (tertiary/aromatic N) is 1. The second kappa shape index (κ2) is 12.7. The van der Waals surface area contributed by atoms with Crippen LogP contribution in [0, 0.1) is 11.3 Å². The molecule has 0 saturated heterocycles. The van der Waals surface area contributed by atoms with Crippen LogP contribution in [0.2, 0.25) is 10.0 Å². The van der Waals surface area contributed by atoms with E-state index in [0.29, 0.717) is 38.4 Å². The third kappa shape index (κ3) is 6.21. The van der Waals surface area contributed by atoms with Crippen molar-refractivity contribution >= 4 is 35.2 Å². The first-order valence-corrected chi connectivity index (χ1v) is 13.5. The number of hydrogen-bond donors (Lipinski definition) is 1. The summed E-state index contributed by atoms with van der Waals surface area (Å²) in [5.74, 6) is 0.381. The summed E-state index contributed by atoms with van der Waals surface area (Å²) in [6.45, 7) is 0.251. The first kappa shape index (κ1) is 28.6. The summed E-state index contributed by atoms with van der Waals surface area (Å²) in [6.07, 6.45) is 2.86. The van der Waals surface area contributed by atoms with Crippen LogP contribution in [0.15, 0.2) is 102 Å². The van der Waals surface area contributed by atoms with Gasteiger partial charge in [-0.1, -0.05) is 71.7 Å². The second-order valence-corrected chi connectivity index (χ2v) is 10.0. The van der Waals surface area contributed by atoms with Crippen molar-refractivity contribution in [3.05, 3.63) is 135 Å². The third-order valence-electron chi connectivity index (χ3n) is 6.58. The minimum Gasteiger partial charge on any atom is -0.493 e. The number of nitrogens with two attached hydrogens (primary N) is 1. The van der Waals surface area contributed by atoms with Gasteiger partial charge in [-0.05, 0) is 47.5 Å². The lowest BCUT2D eigenvalue weighted by Gasteiger charge is -2.27. The number of hydrogen-bond acceptors (Lipinski definition) is 7. The highest BCUT2D eigenvalue weighted by Crippen LogP contribution is 2.45. The van der Waals surface area contributed by atoms with Crippen molar-refractivity contribution in [3.63, 3.8) is 0 Å². The lowest BCUT2D eigenvalue weighted by atomic mass is 9.83. The van der Waals surface area contributed by atoms with E-state index in [9.17, 15) is 10.1 Å². The molecule has 0 amide bonds. The van der Waals surface area contributed by atoms with Crippen molar-refractivity contribution in [1.29, 1.82) is 5.26 Å². The maximum absolute atomic E-state index is 12.5. The number of rotatable bonds is 8. The molecule has 4 aromatic rings. The maximum Gasteiger partial charge on any atom is 0.336 e. The van der Waals surface area contributed by atoms with E-state index in [-0.39, 0.29) is 23.8 Å². The Hall–Kier alpha value is -4.90. The van der Waals surface area contributed by atoms with Crippen LogP contribution in [-0.2, 0) is 11.4 Å². The molecule has 0 bridgehead atoms. The van der Waals surface area contributed by atoms with Crippen LogP contribution in [0.1, 0.15) is 28.2 Å². The van der Waals surface area contributed by atoms with E-state index in [1.165, 1.54) is 13.2 Å². The van der Waals surface area contributed by atoms with Crippen molar-refractivity contribution in [2.24, 2.45) is 5.73 Å². The van der Waals surface area contributed by atoms with Gasteiger partial charge in [0.05, 0.1) is 13.0 Å². The van der Waals surface area contributed by atoms with E-state index in [0.717, 1.165) is 11.1 Å².